The number of hydrogen-bond donors (Lipinski definition) is 1. The Morgan fingerprint density at radius 1 is 1.14 bits per heavy atom. The van der Waals surface area contributed by atoms with Gasteiger partial charge in [-0.3, -0.25) is 9.78 Å². The predicted octanol–water partition coefficient (Wildman–Crippen LogP) is 0.716. The van der Waals surface area contributed by atoms with Gasteiger partial charge in [0.25, 0.3) is 11.2 Å². The van der Waals surface area contributed by atoms with Crippen LogP contribution in [0.15, 0.2) is 46.1 Å². The third-order valence-electron chi connectivity index (χ3n) is 3.46. The second-order valence-electron chi connectivity index (χ2n) is 4.66. The van der Waals surface area contributed by atoms with Gasteiger partial charge in [-0.1, -0.05) is 12.1 Å². The molecule has 2 N–H and O–H groups in total. The number of nitrogens with one attached hydrogen (secondary N) is 2. The molecule has 3 rings (SSSR count). The van der Waals surface area contributed by atoms with Gasteiger partial charge in [-0.05, 0) is 23.8 Å². The zero-order chi connectivity index (χ0) is 15.0. The molecule has 0 aliphatic heterocycles. The normalized spacial score (nSPS) is 10.8. The summed E-state index contributed by atoms with van der Waals surface area (Å²) in [7, 11) is 3.21. The minimum atomic E-state index is -0.448. The maximum Gasteiger partial charge on any atom is 0.415 e. The van der Waals surface area contributed by atoms with E-state index in [0.717, 1.165) is 16.9 Å². The summed E-state index contributed by atoms with van der Waals surface area (Å²) in [5, 5.41) is 0.449. The van der Waals surface area contributed by atoms with Crippen LogP contribution in [0.4, 0.5) is 0 Å². The highest BCUT2D eigenvalue weighted by Gasteiger charge is 2.16. The molecule has 0 saturated heterocycles. The highest BCUT2D eigenvalue weighted by atomic mass is 16.5. The van der Waals surface area contributed by atoms with E-state index in [4.69, 9.17) is 4.74 Å². The van der Waals surface area contributed by atoms with Gasteiger partial charge in [-0.2, -0.15) is 4.57 Å². The molecule has 2 aromatic heterocycles. The maximum atomic E-state index is 12.2. The summed E-state index contributed by atoms with van der Waals surface area (Å²) in [6.45, 7) is 0. The number of pyridine rings is 1. The molecule has 0 bridgehead atoms. The van der Waals surface area contributed by atoms with Crippen LogP contribution in [-0.2, 0) is 7.05 Å². The molecule has 0 spiro atoms. The first-order chi connectivity index (χ1) is 10.1. The summed E-state index contributed by atoms with van der Waals surface area (Å²) in [6, 6.07) is 9.21. The van der Waals surface area contributed by atoms with E-state index in [0.29, 0.717) is 11.0 Å². The predicted molar refractivity (Wildman–Crippen MR) is 78.4 cm³/mol. The highest BCUT2D eigenvalue weighted by molar-refractivity contribution is 5.90. The number of aromatic amines is 2. The highest BCUT2D eigenvalue weighted by Crippen LogP contribution is 2.25. The molecule has 0 saturated carbocycles. The number of benzene rings is 1. The van der Waals surface area contributed by atoms with Gasteiger partial charge < -0.3 is 4.74 Å². The quantitative estimate of drug-likeness (QED) is 0.753. The number of ether oxygens (including phenoxy) is 1. The Labute approximate surface area is 119 Å². The molecule has 0 fully saturated rings. The first-order valence-electron chi connectivity index (χ1n) is 6.40. The summed E-state index contributed by atoms with van der Waals surface area (Å²) < 4.78 is 6.51. The van der Waals surface area contributed by atoms with Crippen LogP contribution in [0.1, 0.15) is 0 Å². The lowest BCUT2D eigenvalue weighted by atomic mass is 10.0. The number of methoxy groups -OCH3 is 1. The third-order valence-corrected chi connectivity index (χ3v) is 3.46. The number of H-pyrrole nitrogens is 2. The first kappa shape index (κ1) is 13.1. The molecule has 0 radical (unpaired) electrons. The Kier molecular flexibility index (Phi) is 3.06. The SMILES string of the molecule is COc1ccc(-c2cc[nH+]c3c2c(=O)[nH]c(=O)n3C)cc1. The summed E-state index contributed by atoms with van der Waals surface area (Å²) in [5.41, 5.74) is 1.26. The van der Waals surface area contributed by atoms with Gasteiger partial charge in [-0.25, -0.2) is 9.78 Å². The van der Waals surface area contributed by atoms with Gasteiger partial charge in [0.05, 0.1) is 20.4 Å². The van der Waals surface area contributed by atoms with Gasteiger partial charge in [0.15, 0.2) is 0 Å². The molecule has 0 amide bonds. The Hall–Kier alpha value is -2.89. The summed E-state index contributed by atoms with van der Waals surface area (Å²) in [4.78, 5) is 29.1. The molecular formula is C15H14N3O3+. The molecule has 6 heteroatoms. The van der Waals surface area contributed by atoms with Crippen LogP contribution in [0.5, 0.6) is 5.75 Å². The molecule has 1 aromatic carbocycles. The summed E-state index contributed by atoms with van der Waals surface area (Å²) in [6.07, 6.45) is 1.71. The van der Waals surface area contributed by atoms with Gasteiger partial charge in [-0.15, -0.1) is 0 Å². The van der Waals surface area contributed by atoms with Crippen LogP contribution >= 0.6 is 0 Å². The van der Waals surface area contributed by atoms with E-state index in [9.17, 15) is 9.59 Å². The second kappa shape index (κ2) is 4.90. The number of aryl methyl sites for hydroxylation is 1. The van der Waals surface area contributed by atoms with Gasteiger partial charge in [0, 0.05) is 5.56 Å². The lowest BCUT2D eigenvalue weighted by molar-refractivity contribution is -0.349. The number of hydrogen-bond acceptors (Lipinski definition) is 3. The fraction of sp³-hybridized carbons (Fsp3) is 0.133. The van der Waals surface area contributed by atoms with Crippen molar-refractivity contribution in [2.75, 3.05) is 7.11 Å². The smallest absolute Gasteiger partial charge is 0.415 e. The molecule has 0 atom stereocenters. The zero-order valence-electron chi connectivity index (χ0n) is 11.6. The van der Waals surface area contributed by atoms with E-state index in [-0.39, 0.29) is 0 Å². The topological polar surface area (TPSA) is 78.2 Å². The fourth-order valence-corrected chi connectivity index (χ4v) is 2.34. The first-order valence-corrected chi connectivity index (χ1v) is 6.40. The van der Waals surface area contributed by atoms with Crippen molar-refractivity contribution >= 4 is 11.0 Å². The van der Waals surface area contributed by atoms with Crippen LogP contribution < -0.4 is 21.0 Å². The Morgan fingerprint density at radius 3 is 2.52 bits per heavy atom. The van der Waals surface area contributed by atoms with Gasteiger partial charge >= 0.3 is 5.69 Å². The summed E-state index contributed by atoms with van der Waals surface area (Å²) >= 11 is 0. The van der Waals surface area contributed by atoms with Crippen molar-refractivity contribution in [3.05, 3.63) is 57.4 Å². The molecule has 0 unspecified atom stereocenters. The zero-order valence-corrected chi connectivity index (χ0v) is 11.6. The van der Waals surface area contributed by atoms with Crippen molar-refractivity contribution < 1.29 is 9.72 Å². The van der Waals surface area contributed by atoms with E-state index in [1.54, 1.807) is 20.4 Å². The molecule has 0 aliphatic rings. The fourth-order valence-electron chi connectivity index (χ4n) is 2.34. The molecule has 106 valence electrons. The van der Waals surface area contributed by atoms with Crippen LogP contribution in [0.3, 0.4) is 0 Å². The van der Waals surface area contributed by atoms with Crippen LogP contribution in [0.2, 0.25) is 0 Å². The summed E-state index contributed by atoms with van der Waals surface area (Å²) in [5.74, 6) is 0.742. The Bertz CT molecular complexity index is 924. The Morgan fingerprint density at radius 2 is 1.86 bits per heavy atom. The molecule has 3 aromatic rings. The van der Waals surface area contributed by atoms with Crippen molar-refractivity contribution in [3.8, 4) is 16.9 Å². The minimum absolute atomic E-state index is 0.407. The largest absolute Gasteiger partial charge is 0.497 e. The number of nitrogens with zero attached hydrogens (tertiary/aromatic N) is 1. The molecule has 6 nitrogen and oxygen atoms in total. The van der Waals surface area contributed by atoms with E-state index < -0.39 is 11.2 Å². The van der Waals surface area contributed by atoms with Crippen molar-refractivity contribution in [3.63, 3.8) is 0 Å². The minimum Gasteiger partial charge on any atom is -0.497 e. The lowest BCUT2D eigenvalue weighted by Gasteiger charge is -2.05. The molecule has 2 heterocycles. The lowest BCUT2D eigenvalue weighted by Crippen LogP contribution is -2.32. The van der Waals surface area contributed by atoms with Gasteiger partial charge in [0.2, 0.25) is 0 Å². The average Bonchev–Trinajstić information content (AvgIpc) is 2.52. The van der Waals surface area contributed by atoms with Crippen LogP contribution in [0.25, 0.3) is 22.2 Å². The molecular weight excluding hydrogens is 270 g/mol. The van der Waals surface area contributed by atoms with Crippen molar-refractivity contribution in [2.24, 2.45) is 7.05 Å². The molecule has 0 aliphatic carbocycles. The standard InChI is InChI=1S/C15H13N3O3/c1-18-13-12(14(19)17-15(18)20)11(7-8-16-13)9-3-5-10(21-2)6-4-9/h3-8H,1-2H3,(H,17,19,20)/p+1. The number of rotatable bonds is 2. The van der Waals surface area contributed by atoms with Crippen molar-refractivity contribution in [1.29, 1.82) is 0 Å². The molecule has 21 heavy (non-hydrogen) atoms. The van der Waals surface area contributed by atoms with Crippen LogP contribution in [-0.4, -0.2) is 16.7 Å². The van der Waals surface area contributed by atoms with Crippen LogP contribution in [0, 0.1) is 0 Å². The van der Waals surface area contributed by atoms with Gasteiger partial charge in [0.1, 0.15) is 11.1 Å². The van der Waals surface area contributed by atoms with E-state index in [1.165, 1.54) is 4.57 Å². The second-order valence-corrected chi connectivity index (χ2v) is 4.66. The third kappa shape index (κ3) is 2.10. The van der Waals surface area contributed by atoms with Crippen molar-refractivity contribution in [2.45, 2.75) is 0 Å². The average molecular weight is 284 g/mol. The maximum absolute atomic E-state index is 12.2. The van der Waals surface area contributed by atoms with Crippen molar-refractivity contribution in [1.82, 2.24) is 9.55 Å². The van der Waals surface area contributed by atoms with E-state index in [2.05, 4.69) is 9.97 Å². The Balaban J connectivity index is 2.35. The number of fused-ring (bicyclic) bond motifs is 1. The number of aromatic nitrogens is 3. The van der Waals surface area contributed by atoms with E-state index >= 15 is 0 Å². The monoisotopic (exact) mass is 284 g/mol. The van der Waals surface area contributed by atoms with E-state index in [1.807, 2.05) is 30.3 Å².